The number of aryl methyl sites for hydroxylation is 2. The number of anilines is 1. The lowest BCUT2D eigenvalue weighted by Gasteiger charge is -2.10. The second-order valence-electron chi connectivity index (χ2n) is 7.09. The molecule has 1 amide bonds. The maximum Gasteiger partial charge on any atom is 0.234 e. The summed E-state index contributed by atoms with van der Waals surface area (Å²) in [5.74, 6) is 1.58. The highest BCUT2D eigenvalue weighted by molar-refractivity contribution is 7.99. The topological polar surface area (TPSA) is 69.0 Å². The summed E-state index contributed by atoms with van der Waals surface area (Å²) in [5, 5.41) is 13.6. The van der Waals surface area contributed by atoms with Crippen molar-refractivity contribution in [3.05, 3.63) is 61.8 Å². The Labute approximate surface area is 216 Å². The first-order valence-electron chi connectivity index (χ1n) is 10.2. The van der Waals surface area contributed by atoms with Gasteiger partial charge in [0.1, 0.15) is 11.6 Å². The van der Waals surface area contributed by atoms with Crippen LogP contribution in [0.5, 0.6) is 5.75 Å². The molecule has 0 aliphatic carbocycles. The fraction of sp³-hybridized carbons (Fsp3) is 0.318. The van der Waals surface area contributed by atoms with Gasteiger partial charge < -0.3 is 14.6 Å². The number of ether oxygens (including phenoxy) is 1. The predicted molar refractivity (Wildman–Crippen MR) is 137 cm³/mol. The van der Waals surface area contributed by atoms with Crippen LogP contribution in [0.2, 0.25) is 20.1 Å². The summed E-state index contributed by atoms with van der Waals surface area (Å²) in [4.78, 5) is 12.4. The third-order valence-corrected chi connectivity index (χ3v) is 6.90. The largest absolute Gasteiger partial charge is 0.493 e. The minimum atomic E-state index is -0.237. The molecule has 0 saturated carbocycles. The summed E-state index contributed by atoms with van der Waals surface area (Å²) in [7, 11) is 0. The monoisotopic (exact) mass is 546 g/mol. The van der Waals surface area contributed by atoms with Gasteiger partial charge in [0.15, 0.2) is 5.16 Å². The van der Waals surface area contributed by atoms with Crippen LogP contribution in [-0.4, -0.2) is 33.0 Å². The first-order chi connectivity index (χ1) is 15.8. The maximum atomic E-state index is 12.4. The Morgan fingerprint density at radius 3 is 2.58 bits per heavy atom. The van der Waals surface area contributed by atoms with E-state index in [1.165, 1.54) is 23.9 Å². The van der Waals surface area contributed by atoms with Crippen LogP contribution in [-0.2, 0) is 17.8 Å². The number of rotatable bonds is 10. The molecule has 11 heteroatoms. The molecule has 0 fully saturated rings. The zero-order valence-corrected chi connectivity index (χ0v) is 21.8. The van der Waals surface area contributed by atoms with E-state index < -0.39 is 0 Å². The molecule has 3 rings (SSSR count). The third-order valence-electron chi connectivity index (χ3n) is 4.67. The van der Waals surface area contributed by atoms with E-state index >= 15 is 0 Å². The Kier molecular flexibility index (Phi) is 9.58. The number of hydrogen-bond acceptors (Lipinski definition) is 5. The van der Waals surface area contributed by atoms with Crippen LogP contribution >= 0.6 is 58.2 Å². The Bertz CT molecular complexity index is 1140. The molecule has 3 aromatic rings. The highest BCUT2D eigenvalue weighted by Gasteiger charge is 2.15. The fourth-order valence-corrected chi connectivity index (χ4v) is 4.69. The molecule has 1 N–H and O–H groups in total. The normalized spacial score (nSPS) is 11.0. The van der Waals surface area contributed by atoms with Gasteiger partial charge >= 0.3 is 0 Å². The first-order valence-corrected chi connectivity index (χ1v) is 12.7. The molecule has 0 atom stereocenters. The van der Waals surface area contributed by atoms with Crippen molar-refractivity contribution in [2.24, 2.45) is 0 Å². The third kappa shape index (κ3) is 7.17. The average Bonchev–Trinajstić information content (AvgIpc) is 3.16. The second kappa shape index (κ2) is 12.2. The standard InChI is InChI=1S/C22H22Cl4N4O2S/c1-3-30-20(5-4-8-32-19-7-6-14(23)9-13(19)2)28-29-22(30)33-12-21(31)27-18-11-16(25)15(24)10-17(18)26/h6-7,9-11H,3-5,8,12H2,1-2H3,(H,27,31). The van der Waals surface area contributed by atoms with Crippen LogP contribution in [0.3, 0.4) is 0 Å². The van der Waals surface area contributed by atoms with E-state index in [0.29, 0.717) is 50.5 Å². The molecule has 0 radical (unpaired) electrons. The van der Waals surface area contributed by atoms with Crippen molar-refractivity contribution in [1.82, 2.24) is 14.8 Å². The van der Waals surface area contributed by atoms with Crippen LogP contribution in [0.25, 0.3) is 0 Å². The van der Waals surface area contributed by atoms with E-state index in [1.807, 2.05) is 36.6 Å². The van der Waals surface area contributed by atoms with E-state index in [-0.39, 0.29) is 11.7 Å². The molecule has 0 spiro atoms. The van der Waals surface area contributed by atoms with Crippen LogP contribution in [0.15, 0.2) is 35.5 Å². The molecular formula is C22H22Cl4N4O2S. The number of nitrogens with one attached hydrogen (secondary N) is 1. The Hall–Kier alpha value is -1.64. The lowest BCUT2D eigenvalue weighted by atomic mass is 10.2. The Balaban J connectivity index is 1.51. The van der Waals surface area contributed by atoms with E-state index in [2.05, 4.69) is 15.5 Å². The minimum absolute atomic E-state index is 0.146. The molecule has 0 bridgehead atoms. The number of carbonyl (C=O) groups excluding carboxylic acids is 1. The van der Waals surface area contributed by atoms with Crippen LogP contribution in [0.1, 0.15) is 24.7 Å². The summed E-state index contributed by atoms with van der Waals surface area (Å²) < 4.78 is 7.85. The van der Waals surface area contributed by atoms with Gasteiger partial charge in [0.2, 0.25) is 5.91 Å². The van der Waals surface area contributed by atoms with Crippen molar-refractivity contribution in [2.45, 2.75) is 38.4 Å². The second-order valence-corrected chi connectivity index (χ2v) is 9.69. The number of carbonyl (C=O) groups is 1. The number of nitrogens with zero attached hydrogens (tertiary/aromatic N) is 3. The number of halogens is 4. The van der Waals surface area contributed by atoms with Crippen molar-refractivity contribution in [3.63, 3.8) is 0 Å². The SMILES string of the molecule is CCn1c(CCCOc2ccc(Cl)cc2C)nnc1SCC(=O)Nc1cc(Cl)c(Cl)cc1Cl. The summed E-state index contributed by atoms with van der Waals surface area (Å²) in [6.45, 7) is 5.22. The Morgan fingerprint density at radius 2 is 1.85 bits per heavy atom. The molecule has 1 heterocycles. The van der Waals surface area contributed by atoms with Gasteiger partial charge in [0, 0.05) is 18.0 Å². The van der Waals surface area contributed by atoms with Crippen molar-refractivity contribution in [2.75, 3.05) is 17.7 Å². The number of aromatic nitrogens is 3. The van der Waals surface area contributed by atoms with Gasteiger partial charge in [-0.15, -0.1) is 10.2 Å². The van der Waals surface area contributed by atoms with E-state index in [1.54, 1.807) is 0 Å². The fourth-order valence-electron chi connectivity index (χ4n) is 3.05. The van der Waals surface area contributed by atoms with Crippen LogP contribution < -0.4 is 10.1 Å². The lowest BCUT2D eigenvalue weighted by molar-refractivity contribution is -0.113. The van der Waals surface area contributed by atoms with Crippen LogP contribution in [0, 0.1) is 6.92 Å². The number of hydrogen-bond donors (Lipinski definition) is 1. The predicted octanol–water partition coefficient (Wildman–Crippen LogP) is 6.96. The van der Waals surface area contributed by atoms with E-state index in [0.717, 1.165) is 23.6 Å². The van der Waals surface area contributed by atoms with Crippen molar-refractivity contribution >= 4 is 69.8 Å². The van der Waals surface area contributed by atoms with Gasteiger partial charge in [-0.3, -0.25) is 4.79 Å². The summed E-state index contributed by atoms with van der Waals surface area (Å²) >= 11 is 25.3. The molecule has 0 aliphatic rings. The molecule has 1 aromatic heterocycles. The molecule has 6 nitrogen and oxygen atoms in total. The molecule has 0 unspecified atom stereocenters. The molecule has 33 heavy (non-hydrogen) atoms. The van der Waals surface area contributed by atoms with Crippen LogP contribution in [0.4, 0.5) is 5.69 Å². The molecule has 2 aromatic carbocycles. The molecule has 0 saturated heterocycles. The average molecular weight is 548 g/mol. The van der Waals surface area contributed by atoms with Crippen molar-refractivity contribution < 1.29 is 9.53 Å². The number of benzene rings is 2. The molecule has 0 aliphatic heterocycles. The van der Waals surface area contributed by atoms with Crippen molar-refractivity contribution in [1.29, 1.82) is 0 Å². The number of thioether (sulfide) groups is 1. The number of amides is 1. The summed E-state index contributed by atoms with van der Waals surface area (Å²) in [6.07, 6.45) is 1.49. The smallest absolute Gasteiger partial charge is 0.234 e. The van der Waals surface area contributed by atoms with Gasteiger partial charge in [-0.05, 0) is 56.2 Å². The van der Waals surface area contributed by atoms with Crippen molar-refractivity contribution in [3.8, 4) is 5.75 Å². The Morgan fingerprint density at radius 1 is 1.09 bits per heavy atom. The highest BCUT2D eigenvalue weighted by atomic mass is 35.5. The summed E-state index contributed by atoms with van der Waals surface area (Å²) in [5.41, 5.74) is 1.41. The summed E-state index contributed by atoms with van der Waals surface area (Å²) in [6, 6.07) is 8.57. The zero-order valence-electron chi connectivity index (χ0n) is 18.0. The first kappa shape index (κ1) is 26.0. The quantitative estimate of drug-likeness (QED) is 0.169. The van der Waals surface area contributed by atoms with Gasteiger partial charge in [-0.25, -0.2) is 0 Å². The van der Waals surface area contributed by atoms with Gasteiger partial charge in [-0.2, -0.15) is 0 Å². The molecular weight excluding hydrogens is 526 g/mol. The zero-order chi connectivity index (χ0) is 24.0. The van der Waals surface area contributed by atoms with Gasteiger partial charge in [-0.1, -0.05) is 58.2 Å². The van der Waals surface area contributed by atoms with E-state index in [4.69, 9.17) is 51.1 Å². The molecule has 176 valence electrons. The minimum Gasteiger partial charge on any atom is -0.493 e. The highest BCUT2D eigenvalue weighted by Crippen LogP contribution is 2.32. The maximum absolute atomic E-state index is 12.4. The lowest BCUT2D eigenvalue weighted by Crippen LogP contribution is -2.15. The van der Waals surface area contributed by atoms with E-state index in [9.17, 15) is 4.79 Å². The van der Waals surface area contributed by atoms with Gasteiger partial charge in [0.05, 0.1) is 33.1 Å². The van der Waals surface area contributed by atoms with Gasteiger partial charge in [0.25, 0.3) is 0 Å².